The van der Waals surface area contributed by atoms with E-state index >= 15 is 0 Å². The van der Waals surface area contributed by atoms with Gasteiger partial charge in [0, 0.05) is 0 Å². The van der Waals surface area contributed by atoms with Crippen LogP contribution >= 0.6 is 0 Å². The number of rotatable bonds is 0. The quantitative estimate of drug-likeness (QED) is 0.601. The smallest absolute Gasteiger partial charge is 0.0997 e. The SMILES string of the molecule is [2H]c1c(C)c(C#N)c(C)c(C)c1C#N. The van der Waals surface area contributed by atoms with Crippen molar-refractivity contribution in [3.8, 4) is 12.1 Å². The molecular formula is C11H10N2. The van der Waals surface area contributed by atoms with Crippen LogP contribution in [-0.2, 0) is 0 Å². The summed E-state index contributed by atoms with van der Waals surface area (Å²) in [5, 5.41) is 17.8. The lowest BCUT2D eigenvalue weighted by Gasteiger charge is -2.07. The van der Waals surface area contributed by atoms with Gasteiger partial charge in [0.1, 0.15) is 0 Å². The molecule has 64 valence electrons. The van der Waals surface area contributed by atoms with Crippen molar-refractivity contribution in [3.63, 3.8) is 0 Å². The molecule has 0 heterocycles. The van der Waals surface area contributed by atoms with Gasteiger partial charge in [0.2, 0.25) is 0 Å². The number of hydrogen-bond acceptors (Lipinski definition) is 2. The van der Waals surface area contributed by atoms with Crippen molar-refractivity contribution in [1.29, 1.82) is 10.5 Å². The summed E-state index contributed by atoms with van der Waals surface area (Å²) in [6.45, 7) is 5.28. The van der Waals surface area contributed by atoms with Crippen LogP contribution in [0.4, 0.5) is 0 Å². The van der Waals surface area contributed by atoms with Gasteiger partial charge < -0.3 is 0 Å². The largest absolute Gasteiger partial charge is 0.192 e. The Morgan fingerprint density at radius 2 is 1.77 bits per heavy atom. The molecule has 0 amide bonds. The van der Waals surface area contributed by atoms with Crippen molar-refractivity contribution in [2.24, 2.45) is 0 Å². The van der Waals surface area contributed by atoms with Crippen LogP contribution in [0.1, 0.15) is 29.2 Å². The summed E-state index contributed by atoms with van der Waals surface area (Å²) in [4.78, 5) is 0. The van der Waals surface area contributed by atoms with E-state index in [-0.39, 0.29) is 6.04 Å². The molecule has 0 bridgehead atoms. The molecule has 0 unspecified atom stereocenters. The first-order chi connectivity index (χ1) is 6.54. The average molecular weight is 171 g/mol. The predicted molar refractivity (Wildman–Crippen MR) is 50.1 cm³/mol. The first-order valence-corrected chi connectivity index (χ1v) is 3.95. The minimum atomic E-state index is 0.173. The standard InChI is InChI=1S/C11H10N2/c1-7-4-10(5-12)8(2)9(3)11(7)6-13/h4H,1-3H3/i4D. The normalized spacial score (nSPS) is 10.1. The molecule has 0 saturated heterocycles. The minimum absolute atomic E-state index is 0.173. The second-order valence-corrected chi connectivity index (χ2v) is 2.97. The van der Waals surface area contributed by atoms with Crippen LogP contribution < -0.4 is 0 Å². The highest BCUT2D eigenvalue weighted by Gasteiger charge is 2.08. The monoisotopic (exact) mass is 171 g/mol. The van der Waals surface area contributed by atoms with Gasteiger partial charge in [-0.15, -0.1) is 0 Å². The highest BCUT2D eigenvalue weighted by molar-refractivity contribution is 5.53. The Kier molecular flexibility index (Phi) is 1.98. The van der Waals surface area contributed by atoms with Gasteiger partial charge in [-0.1, -0.05) is 0 Å². The second-order valence-electron chi connectivity index (χ2n) is 2.97. The summed E-state index contributed by atoms with van der Waals surface area (Å²) in [5.41, 5.74) is 3.02. The fourth-order valence-corrected chi connectivity index (χ4v) is 1.28. The van der Waals surface area contributed by atoms with Crippen molar-refractivity contribution in [2.75, 3.05) is 0 Å². The lowest BCUT2D eigenvalue weighted by molar-refractivity contribution is 1.24. The van der Waals surface area contributed by atoms with Crippen molar-refractivity contribution in [3.05, 3.63) is 33.9 Å². The van der Waals surface area contributed by atoms with Crippen LogP contribution in [0.25, 0.3) is 0 Å². The summed E-state index contributed by atoms with van der Waals surface area (Å²) in [6.07, 6.45) is 0. The minimum Gasteiger partial charge on any atom is -0.192 e. The molecule has 0 atom stereocenters. The number of nitriles is 2. The van der Waals surface area contributed by atoms with E-state index in [9.17, 15) is 0 Å². The van der Waals surface area contributed by atoms with Crippen LogP contribution in [0, 0.1) is 43.4 Å². The Balaban J connectivity index is 3.77. The first kappa shape index (κ1) is 7.83. The maximum atomic E-state index is 8.90. The second kappa shape index (κ2) is 3.29. The van der Waals surface area contributed by atoms with Crippen molar-refractivity contribution >= 4 is 0 Å². The van der Waals surface area contributed by atoms with Crippen molar-refractivity contribution in [1.82, 2.24) is 0 Å². The van der Waals surface area contributed by atoms with Gasteiger partial charge in [0.25, 0.3) is 0 Å². The first-order valence-electron chi connectivity index (χ1n) is 4.45. The number of benzene rings is 1. The summed E-state index contributed by atoms with van der Waals surface area (Å²) in [6, 6.07) is 4.24. The highest BCUT2D eigenvalue weighted by Crippen LogP contribution is 2.20. The van der Waals surface area contributed by atoms with E-state index in [4.69, 9.17) is 11.9 Å². The molecule has 0 saturated carbocycles. The molecule has 0 aliphatic carbocycles. The third kappa shape index (κ3) is 1.39. The van der Waals surface area contributed by atoms with E-state index in [1.807, 2.05) is 6.07 Å². The zero-order valence-corrected chi connectivity index (χ0v) is 7.89. The van der Waals surface area contributed by atoms with Gasteiger partial charge in [-0.2, -0.15) is 10.5 Å². The van der Waals surface area contributed by atoms with E-state index in [1.165, 1.54) is 0 Å². The lowest BCUT2D eigenvalue weighted by Crippen LogP contribution is -1.95. The highest BCUT2D eigenvalue weighted by atomic mass is 14.3. The molecule has 2 nitrogen and oxygen atoms in total. The zero-order chi connectivity index (χ0) is 10.9. The molecule has 0 radical (unpaired) electrons. The molecule has 1 aromatic rings. The molecule has 1 rings (SSSR count). The van der Waals surface area contributed by atoms with E-state index in [0.29, 0.717) is 16.7 Å². The molecule has 0 aliphatic rings. The Morgan fingerprint density at radius 3 is 2.23 bits per heavy atom. The van der Waals surface area contributed by atoms with Crippen LogP contribution in [-0.4, -0.2) is 0 Å². The molecule has 0 fully saturated rings. The average Bonchev–Trinajstić information content (AvgIpc) is 2.17. The lowest BCUT2D eigenvalue weighted by atomic mass is 9.95. The van der Waals surface area contributed by atoms with Gasteiger partial charge in [0.05, 0.1) is 24.6 Å². The summed E-state index contributed by atoms with van der Waals surface area (Å²) in [7, 11) is 0. The van der Waals surface area contributed by atoms with Crippen molar-refractivity contribution in [2.45, 2.75) is 20.8 Å². The van der Waals surface area contributed by atoms with Crippen LogP contribution in [0.3, 0.4) is 0 Å². The van der Waals surface area contributed by atoms with E-state index in [0.717, 1.165) is 11.1 Å². The Labute approximate surface area is 79.4 Å². The third-order valence-electron chi connectivity index (χ3n) is 2.22. The maximum Gasteiger partial charge on any atom is 0.0997 e. The molecule has 0 spiro atoms. The van der Waals surface area contributed by atoms with E-state index in [1.54, 1.807) is 20.8 Å². The molecular weight excluding hydrogens is 160 g/mol. The van der Waals surface area contributed by atoms with Crippen LogP contribution in [0.2, 0.25) is 0 Å². The molecule has 0 N–H and O–H groups in total. The van der Waals surface area contributed by atoms with Gasteiger partial charge >= 0.3 is 0 Å². The Hall–Kier alpha value is -1.80. The maximum absolute atomic E-state index is 8.90. The summed E-state index contributed by atoms with van der Waals surface area (Å²) >= 11 is 0. The zero-order valence-electron chi connectivity index (χ0n) is 8.89. The van der Waals surface area contributed by atoms with Gasteiger partial charge in [-0.3, -0.25) is 0 Å². The van der Waals surface area contributed by atoms with E-state index in [2.05, 4.69) is 6.07 Å². The van der Waals surface area contributed by atoms with Gasteiger partial charge in [0.15, 0.2) is 0 Å². The van der Waals surface area contributed by atoms with E-state index < -0.39 is 0 Å². The number of nitrogens with zero attached hydrogens (tertiary/aromatic N) is 2. The van der Waals surface area contributed by atoms with Gasteiger partial charge in [-0.05, 0) is 43.5 Å². The third-order valence-corrected chi connectivity index (χ3v) is 2.22. The van der Waals surface area contributed by atoms with Crippen LogP contribution in [0.15, 0.2) is 6.04 Å². The molecule has 0 aromatic heterocycles. The van der Waals surface area contributed by atoms with Gasteiger partial charge in [-0.25, -0.2) is 0 Å². The summed E-state index contributed by atoms with van der Waals surface area (Å²) < 4.78 is 7.70. The fourth-order valence-electron chi connectivity index (χ4n) is 1.28. The summed E-state index contributed by atoms with van der Waals surface area (Å²) in [5.74, 6) is 0. The topological polar surface area (TPSA) is 47.6 Å². The van der Waals surface area contributed by atoms with Crippen molar-refractivity contribution < 1.29 is 1.37 Å². The fraction of sp³-hybridized carbons (Fsp3) is 0.273. The Morgan fingerprint density at radius 1 is 1.15 bits per heavy atom. The predicted octanol–water partition coefficient (Wildman–Crippen LogP) is 2.36. The number of hydrogen-bond donors (Lipinski definition) is 0. The Bertz CT molecular complexity index is 402. The molecule has 13 heavy (non-hydrogen) atoms. The molecule has 1 aromatic carbocycles. The molecule has 0 aliphatic heterocycles. The molecule has 2 heteroatoms. The van der Waals surface area contributed by atoms with Crippen LogP contribution in [0.5, 0.6) is 0 Å².